The molecule has 2 aromatic carbocycles. The Labute approximate surface area is 179 Å². The minimum Gasteiger partial charge on any atom is -0.490 e. The van der Waals surface area contributed by atoms with Crippen molar-refractivity contribution in [1.29, 1.82) is 0 Å². The summed E-state index contributed by atoms with van der Waals surface area (Å²) in [6.45, 7) is 3.53. The van der Waals surface area contributed by atoms with Gasteiger partial charge in [-0.05, 0) is 47.0 Å². The quantitative estimate of drug-likeness (QED) is 0.328. The molecule has 0 atom stereocenters. The molecule has 0 unspecified atom stereocenters. The first kappa shape index (κ1) is 19.6. The molecule has 4 rings (SSSR count). The van der Waals surface area contributed by atoms with Crippen LogP contribution in [0.4, 0.5) is 0 Å². The van der Waals surface area contributed by atoms with Gasteiger partial charge in [0.05, 0.1) is 23.9 Å². The summed E-state index contributed by atoms with van der Waals surface area (Å²) in [4.78, 5) is 0. The van der Waals surface area contributed by atoms with E-state index in [1.54, 1.807) is 11.3 Å². The molecule has 0 spiro atoms. The highest BCUT2D eigenvalue weighted by Gasteiger charge is 2.11. The van der Waals surface area contributed by atoms with E-state index in [2.05, 4.69) is 16.8 Å². The van der Waals surface area contributed by atoms with Gasteiger partial charge in [-0.25, -0.2) is 4.68 Å². The van der Waals surface area contributed by atoms with E-state index in [4.69, 9.17) is 26.2 Å². The lowest BCUT2D eigenvalue weighted by molar-refractivity contribution is 0.260. The number of aromatic nitrogens is 2. The summed E-state index contributed by atoms with van der Waals surface area (Å²) >= 11 is 8.00. The summed E-state index contributed by atoms with van der Waals surface area (Å²) in [6.07, 6.45) is 0. The van der Waals surface area contributed by atoms with Crippen molar-refractivity contribution in [2.24, 2.45) is 0 Å². The van der Waals surface area contributed by atoms with Gasteiger partial charge in [0.1, 0.15) is 12.4 Å². The van der Waals surface area contributed by atoms with Crippen LogP contribution in [0.25, 0.3) is 22.4 Å². The Morgan fingerprint density at radius 1 is 0.966 bits per heavy atom. The molecule has 0 radical (unpaired) electrons. The molecule has 0 N–H and O–H groups in total. The summed E-state index contributed by atoms with van der Waals surface area (Å²) < 4.78 is 13.6. The van der Waals surface area contributed by atoms with Crippen molar-refractivity contribution < 1.29 is 9.47 Å². The molecule has 29 heavy (non-hydrogen) atoms. The van der Waals surface area contributed by atoms with E-state index < -0.39 is 0 Å². The standard InChI is InChI=1S/C23H21ClN2O2S/c1-2-27-23-15-21(17-6-4-3-5-7-17)25-26(23)11-12-28-22-14-18(8-9-20(22)24)19-10-13-29-16-19/h3-10,13-16H,2,11-12H2,1H3. The number of benzene rings is 2. The largest absolute Gasteiger partial charge is 0.490 e. The first-order valence-electron chi connectivity index (χ1n) is 9.45. The maximum Gasteiger partial charge on any atom is 0.212 e. The third-order valence-corrected chi connectivity index (χ3v) is 5.45. The van der Waals surface area contributed by atoms with Crippen molar-refractivity contribution in [3.63, 3.8) is 0 Å². The highest BCUT2D eigenvalue weighted by atomic mass is 35.5. The van der Waals surface area contributed by atoms with Crippen LogP contribution < -0.4 is 9.47 Å². The molecule has 148 valence electrons. The monoisotopic (exact) mass is 424 g/mol. The molecule has 0 fully saturated rings. The van der Waals surface area contributed by atoms with Crippen molar-refractivity contribution in [3.8, 4) is 34.0 Å². The van der Waals surface area contributed by atoms with Gasteiger partial charge in [-0.15, -0.1) is 0 Å². The van der Waals surface area contributed by atoms with E-state index in [0.717, 1.165) is 28.3 Å². The maximum absolute atomic E-state index is 6.34. The topological polar surface area (TPSA) is 36.3 Å². The molecule has 0 aliphatic heterocycles. The van der Waals surface area contributed by atoms with E-state index in [-0.39, 0.29) is 0 Å². The van der Waals surface area contributed by atoms with E-state index in [1.165, 1.54) is 0 Å². The van der Waals surface area contributed by atoms with Crippen LogP contribution in [0.15, 0.2) is 71.4 Å². The maximum atomic E-state index is 6.34. The molecule has 4 aromatic rings. The molecule has 4 nitrogen and oxygen atoms in total. The Balaban J connectivity index is 1.48. The van der Waals surface area contributed by atoms with Crippen molar-refractivity contribution in [2.45, 2.75) is 13.5 Å². The zero-order valence-electron chi connectivity index (χ0n) is 16.0. The fraction of sp³-hybridized carbons (Fsp3) is 0.174. The van der Waals surface area contributed by atoms with Crippen LogP contribution in [-0.4, -0.2) is 23.0 Å². The average Bonchev–Trinajstić information content (AvgIpc) is 3.41. The number of hydrogen-bond acceptors (Lipinski definition) is 4. The molecule has 0 aliphatic carbocycles. The Bertz CT molecular complexity index is 1060. The zero-order valence-corrected chi connectivity index (χ0v) is 17.6. The van der Waals surface area contributed by atoms with Gasteiger partial charge >= 0.3 is 0 Å². The van der Waals surface area contributed by atoms with Gasteiger partial charge in [0.25, 0.3) is 0 Å². The van der Waals surface area contributed by atoms with Gasteiger partial charge in [-0.2, -0.15) is 16.4 Å². The van der Waals surface area contributed by atoms with E-state index in [9.17, 15) is 0 Å². The van der Waals surface area contributed by atoms with Crippen LogP contribution in [0.1, 0.15) is 6.92 Å². The highest BCUT2D eigenvalue weighted by molar-refractivity contribution is 7.08. The van der Waals surface area contributed by atoms with Crippen molar-refractivity contribution in [2.75, 3.05) is 13.2 Å². The lowest BCUT2D eigenvalue weighted by atomic mass is 10.1. The van der Waals surface area contributed by atoms with Gasteiger partial charge in [0.2, 0.25) is 5.88 Å². The second-order valence-electron chi connectivity index (χ2n) is 6.40. The SMILES string of the molecule is CCOc1cc(-c2ccccc2)nn1CCOc1cc(-c2ccsc2)ccc1Cl. The number of nitrogens with zero attached hydrogens (tertiary/aromatic N) is 2. The van der Waals surface area contributed by atoms with Crippen molar-refractivity contribution >= 4 is 22.9 Å². The van der Waals surface area contributed by atoms with Crippen LogP contribution in [0, 0.1) is 0 Å². The number of halogens is 1. The molecule has 0 saturated heterocycles. The predicted molar refractivity (Wildman–Crippen MR) is 119 cm³/mol. The Morgan fingerprint density at radius 2 is 1.83 bits per heavy atom. The highest BCUT2D eigenvalue weighted by Crippen LogP contribution is 2.32. The molecule has 2 heterocycles. The Morgan fingerprint density at radius 3 is 2.59 bits per heavy atom. The minimum atomic E-state index is 0.433. The summed E-state index contributed by atoms with van der Waals surface area (Å²) in [5, 5.41) is 9.45. The smallest absolute Gasteiger partial charge is 0.212 e. The minimum absolute atomic E-state index is 0.433. The summed E-state index contributed by atoms with van der Waals surface area (Å²) in [6, 6.07) is 20.0. The van der Waals surface area contributed by atoms with E-state index in [0.29, 0.717) is 30.5 Å². The molecule has 2 aromatic heterocycles. The van der Waals surface area contributed by atoms with Crippen LogP contribution >= 0.6 is 22.9 Å². The van der Waals surface area contributed by atoms with Gasteiger partial charge < -0.3 is 9.47 Å². The number of thiophene rings is 1. The normalized spacial score (nSPS) is 10.8. The summed E-state index contributed by atoms with van der Waals surface area (Å²) in [5.74, 6) is 1.40. The molecule has 0 amide bonds. The van der Waals surface area contributed by atoms with E-state index >= 15 is 0 Å². The molecular weight excluding hydrogens is 404 g/mol. The Kier molecular flexibility index (Phi) is 6.17. The fourth-order valence-corrected chi connectivity index (χ4v) is 3.88. The number of rotatable bonds is 8. The lowest BCUT2D eigenvalue weighted by Crippen LogP contribution is -2.11. The van der Waals surface area contributed by atoms with Gasteiger partial charge in [0.15, 0.2) is 0 Å². The van der Waals surface area contributed by atoms with E-state index in [1.807, 2.05) is 66.2 Å². The average molecular weight is 425 g/mol. The third-order valence-electron chi connectivity index (χ3n) is 4.45. The predicted octanol–water partition coefficient (Wildman–Crippen LogP) is 6.41. The second-order valence-corrected chi connectivity index (χ2v) is 7.58. The van der Waals surface area contributed by atoms with Gasteiger partial charge in [0, 0.05) is 11.6 Å². The summed E-state index contributed by atoms with van der Waals surface area (Å²) in [7, 11) is 0. The van der Waals surface area contributed by atoms with Crippen LogP contribution in [0.2, 0.25) is 5.02 Å². The fourth-order valence-electron chi connectivity index (χ4n) is 3.04. The van der Waals surface area contributed by atoms with Crippen molar-refractivity contribution in [1.82, 2.24) is 9.78 Å². The van der Waals surface area contributed by atoms with Crippen LogP contribution in [-0.2, 0) is 6.54 Å². The first-order chi connectivity index (χ1) is 14.2. The lowest BCUT2D eigenvalue weighted by Gasteiger charge is -2.11. The molecule has 6 heteroatoms. The summed E-state index contributed by atoms with van der Waals surface area (Å²) in [5.41, 5.74) is 4.19. The zero-order chi connectivity index (χ0) is 20.1. The molecular formula is C23H21ClN2O2S. The third kappa shape index (κ3) is 4.63. The first-order valence-corrected chi connectivity index (χ1v) is 10.8. The van der Waals surface area contributed by atoms with Crippen LogP contribution in [0.5, 0.6) is 11.6 Å². The van der Waals surface area contributed by atoms with Gasteiger partial charge in [-0.1, -0.05) is 48.0 Å². The van der Waals surface area contributed by atoms with Crippen molar-refractivity contribution in [3.05, 3.63) is 76.4 Å². The molecule has 0 bridgehead atoms. The van der Waals surface area contributed by atoms with Gasteiger partial charge in [-0.3, -0.25) is 0 Å². The second kappa shape index (κ2) is 9.16. The van der Waals surface area contributed by atoms with Crippen LogP contribution in [0.3, 0.4) is 0 Å². The number of hydrogen-bond donors (Lipinski definition) is 0. The number of ether oxygens (including phenoxy) is 2. The molecule has 0 aliphatic rings. The Hall–Kier alpha value is -2.76. The molecule has 0 saturated carbocycles.